The quantitative estimate of drug-likeness (QED) is 0.296. The molecule has 2 aromatic rings. The molecule has 16 heteroatoms. The number of benzene rings is 1. The number of carbonyl (C=O) groups is 4. The second-order valence-electron chi connectivity index (χ2n) is 13.9. The molecule has 1 aliphatic heterocycles. The van der Waals surface area contributed by atoms with Gasteiger partial charge in [0.25, 0.3) is 12.0 Å². The molecule has 3 aliphatic rings. The van der Waals surface area contributed by atoms with Gasteiger partial charge in [-0.1, -0.05) is 18.1 Å². The van der Waals surface area contributed by atoms with Crippen LogP contribution in [0.1, 0.15) is 92.9 Å². The number of piperazine rings is 1. The Labute approximate surface area is 294 Å². The van der Waals surface area contributed by atoms with E-state index in [1.807, 2.05) is 14.0 Å². The van der Waals surface area contributed by atoms with Crippen molar-refractivity contribution in [1.82, 2.24) is 30.7 Å². The average Bonchev–Trinajstić information content (AvgIpc) is 3.85. The molecule has 3 fully saturated rings. The monoisotopic (exact) mass is 717 g/mol. The number of nitrogens with zero attached hydrogens (tertiary/aromatic N) is 4. The molecule has 51 heavy (non-hydrogen) atoms. The molecule has 2 saturated carbocycles. The highest BCUT2D eigenvalue weighted by Crippen LogP contribution is 2.40. The highest BCUT2D eigenvalue weighted by molar-refractivity contribution is 6.01. The highest BCUT2D eigenvalue weighted by atomic mass is 19.3. The summed E-state index contributed by atoms with van der Waals surface area (Å²) >= 11 is 0. The molecule has 13 nitrogen and oxygen atoms in total. The van der Waals surface area contributed by atoms with Gasteiger partial charge in [-0.15, -0.1) is 0 Å². The lowest BCUT2D eigenvalue weighted by molar-refractivity contribution is -0.141. The van der Waals surface area contributed by atoms with Gasteiger partial charge in [-0.2, -0.15) is 8.78 Å². The minimum Gasteiger partial charge on any atom is -0.372 e. The molecular weight excluding hydrogens is 671 g/mol. The normalized spacial score (nSPS) is 22.0. The van der Waals surface area contributed by atoms with E-state index in [0.29, 0.717) is 30.9 Å². The lowest BCUT2D eigenvalue weighted by Crippen LogP contribution is -2.58. The van der Waals surface area contributed by atoms with Crippen LogP contribution in [0, 0.1) is 11.7 Å². The molecule has 5 rings (SSSR count). The number of halogens is 3. The largest absolute Gasteiger partial charge is 0.372 e. The van der Waals surface area contributed by atoms with Crippen LogP contribution in [0.25, 0.3) is 0 Å². The van der Waals surface area contributed by atoms with Crippen LogP contribution in [0.4, 0.5) is 18.9 Å². The van der Waals surface area contributed by atoms with Crippen molar-refractivity contribution in [3.05, 3.63) is 52.6 Å². The van der Waals surface area contributed by atoms with E-state index in [4.69, 9.17) is 9.37 Å². The van der Waals surface area contributed by atoms with Gasteiger partial charge in [-0.25, -0.2) is 9.02 Å². The summed E-state index contributed by atoms with van der Waals surface area (Å²) in [5, 5.41) is 15.6. The van der Waals surface area contributed by atoms with E-state index in [9.17, 15) is 28.0 Å². The Morgan fingerprint density at radius 3 is 2.31 bits per heavy atom. The zero-order chi connectivity index (χ0) is 37.0. The fourth-order valence-electron chi connectivity index (χ4n) is 6.64. The predicted octanol–water partition coefficient (Wildman–Crippen LogP) is 3.95. The summed E-state index contributed by atoms with van der Waals surface area (Å²) in [7, 11) is 3.36. The molecule has 0 spiro atoms. The van der Waals surface area contributed by atoms with Crippen molar-refractivity contribution in [2.24, 2.45) is 5.92 Å². The number of hydrogen-bond donors (Lipinski definition) is 3. The third-order valence-corrected chi connectivity index (χ3v) is 10.5. The molecule has 2 aliphatic carbocycles. The topological polar surface area (TPSA) is 159 Å². The van der Waals surface area contributed by atoms with Crippen LogP contribution in [0.15, 0.2) is 34.5 Å². The van der Waals surface area contributed by atoms with Crippen LogP contribution in [-0.4, -0.2) is 102 Å². The van der Waals surface area contributed by atoms with Crippen molar-refractivity contribution < 1.29 is 41.7 Å². The van der Waals surface area contributed by atoms with Gasteiger partial charge in [0.2, 0.25) is 17.7 Å². The number of allylic oxidation sites excluding steroid dienone is 1. The first-order chi connectivity index (χ1) is 24.3. The summed E-state index contributed by atoms with van der Waals surface area (Å²) in [5.74, 6) is -4.20. The lowest BCUT2D eigenvalue weighted by atomic mass is 9.81. The predicted molar refractivity (Wildman–Crippen MR) is 179 cm³/mol. The number of ether oxygens (including phenoxy) is 1. The highest BCUT2D eigenvalue weighted by Gasteiger charge is 2.38. The summed E-state index contributed by atoms with van der Waals surface area (Å²) in [5.41, 5.74) is 0.565. The fraction of sp³-hybridized carbons (Fsp3) is 0.600. The molecule has 5 atom stereocenters. The summed E-state index contributed by atoms with van der Waals surface area (Å²) in [4.78, 5) is 57.6. The minimum absolute atomic E-state index is 0.0102. The van der Waals surface area contributed by atoms with Crippen LogP contribution in [0.3, 0.4) is 0 Å². The van der Waals surface area contributed by atoms with Gasteiger partial charge in [-0.05, 0) is 93.8 Å². The van der Waals surface area contributed by atoms with E-state index in [-0.39, 0.29) is 60.5 Å². The zero-order valence-corrected chi connectivity index (χ0v) is 29.5. The number of rotatable bonds is 12. The van der Waals surface area contributed by atoms with Crippen LogP contribution in [-0.2, 0) is 19.1 Å². The van der Waals surface area contributed by atoms with E-state index < -0.39 is 59.6 Å². The van der Waals surface area contributed by atoms with E-state index in [0.717, 1.165) is 12.8 Å². The van der Waals surface area contributed by atoms with Gasteiger partial charge in [0.05, 0.1) is 5.69 Å². The van der Waals surface area contributed by atoms with Crippen molar-refractivity contribution in [2.45, 2.75) is 95.4 Å². The maximum atomic E-state index is 15.8. The molecule has 1 aromatic carbocycles. The minimum atomic E-state index is -1.74. The van der Waals surface area contributed by atoms with Crippen LogP contribution >= 0.6 is 0 Å². The second kappa shape index (κ2) is 16.4. The fourth-order valence-corrected chi connectivity index (χ4v) is 6.64. The third kappa shape index (κ3) is 8.95. The molecule has 4 amide bonds. The summed E-state index contributed by atoms with van der Waals surface area (Å²) < 4.78 is 52.3. The number of nitrogens with one attached hydrogen (secondary N) is 3. The molecule has 1 unspecified atom stereocenters. The molecule has 1 aromatic heterocycles. The van der Waals surface area contributed by atoms with Gasteiger partial charge in [0.1, 0.15) is 29.7 Å². The first-order valence-electron chi connectivity index (χ1n) is 17.4. The van der Waals surface area contributed by atoms with Crippen molar-refractivity contribution in [1.29, 1.82) is 0 Å². The molecule has 1 saturated heterocycles. The van der Waals surface area contributed by atoms with Crippen molar-refractivity contribution in [3.63, 3.8) is 0 Å². The molecule has 3 N–H and O–H groups in total. The maximum Gasteiger partial charge on any atom is 0.276 e. The van der Waals surface area contributed by atoms with Crippen molar-refractivity contribution >= 4 is 29.3 Å². The second-order valence-corrected chi connectivity index (χ2v) is 13.9. The molecule has 0 bridgehead atoms. The molecule has 278 valence electrons. The van der Waals surface area contributed by atoms with E-state index in [1.165, 1.54) is 19.2 Å². The van der Waals surface area contributed by atoms with Gasteiger partial charge in [-0.3, -0.25) is 19.2 Å². The Morgan fingerprint density at radius 1 is 1.00 bits per heavy atom. The van der Waals surface area contributed by atoms with Crippen LogP contribution in [0.5, 0.6) is 0 Å². The smallest absolute Gasteiger partial charge is 0.276 e. The van der Waals surface area contributed by atoms with Gasteiger partial charge < -0.3 is 30.5 Å². The lowest BCUT2D eigenvalue weighted by Gasteiger charge is -2.40. The summed E-state index contributed by atoms with van der Waals surface area (Å²) in [6, 6.07) is 1.97. The Morgan fingerprint density at radius 2 is 1.71 bits per heavy atom. The number of carbonyl (C=O) groups excluding carboxylic acids is 4. The van der Waals surface area contributed by atoms with E-state index in [1.54, 1.807) is 24.8 Å². The summed E-state index contributed by atoms with van der Waals surface area (Å²) in [6.45, 7) is 6.85. The van der Waals surface area contributed by atoms with Crippen molar-refractivity contribution in [3.8, 4) is 0 Å². The first-order valence-corrected chi connectivity index (χ1v) is 17.4. The number of likely N-dealkylation sites (N-methyl/N-ethyl adjacent to an activating group) is 1. The van der Waals surface area contributed by atoms with E-state index in [2.05, 4.69) is 31.2 Å². The third-order valence-electron chi connectivity index (χ3n) is 10.5. The van der Waals surface area contributed by atoms with E-state index >= 15 is 4.39 Å². The number of hydrogen-bond acceptors (Lipinski definition) is 9. The Bertz CT molecular complexity index is 1630. The maximum absolute atomic E-state index is 15.8. The van der Waals surface area contributed by atoms with Crippen LogP contribution in [0.2, 0.25) is 0 Å². The van der Waals surface area contributed by atoms with Crippen LogP contribution < -0.4 is 16.0 Å². The zero-order valence-electron chi connectivity index (χ0n) is 29.5. The number of aromatic nitrogens is 2. The van der Waals surface area contributed by atoms with Gasteiger partial charge in [0.15, 0.2) is 5.69 Å². The first kappa shape index (κ1) is 37.9. The number of anilines is 1. The SMILES string of the molecule is CO[C@@H](C)C(=O)N[C@@H](C(=O)N1CCN(C)[C@H](C)C1)[C@@H](C)c1ccc(NC(=O)C(NC(=O)c2nonc2C2CC2)C2CCC(=C(F)F)CC2)c(F)c1. The number of methoxy groups -OCH3 is 1. The number of amides is 4. The van der Waals surface area contributed by atoms with Gasteiger partial charge in [0, 0.05) is 44.6 Å². The molecular formula is C35H46F3N7O6. The molecule has 2 heterocycles. The average molecular weight is 718 g/mol. The molecule has 0 radical (unpaired) electrons. The van der Waals surface area contributed by atoms with Crippen molar-refractivity contribution in [2.75, 3.05) is 39.1 Å². The Kier molecular flexibility index (Phi) is 12.2. The Hall–Kier alpha value is -4.31. The standard InChI is InChI=1S/C35H46F3N7O6/c1-18-17-45(15-14-44(18)4)35(49)27(40-32(46)20(3)50-5)19(2)24-12-13-26(25(36)16-24)39-33(47)29(22-8-10-23(11-9-22)31(37)38)41-34(48)30-28(21-6-7-21)42-51-43-30/h12-13,16,18-22,27,29H,6-11,14-15,17H2,1-5H3,(H,39,47)(H,40,46)(H,41,48)/t18-,19+,20+,27-,29?/m1/s1. The summed E-state index contributed by atoms with van der Waals surface area (Å²) in [6.07, 6.45) is -0.421. The Balaban J connectivity index is 1.35. The van der Waals surface area contributed by atoms with Gasteiger partial charge >= 0.3 is 0 Å².